The summed E-state index contributed by atoms with van der Waals surface area (Å²) in [4.78, 5) is 15.5. The fraction of sp³-hybridized carbons (Fsp3) is 0.400. The summed E-state index contributed by atoms with van der Waals surface area (Å²) in [6.07, 6.45) is 4.33. The van der Waals surface area contributed by atoms with Gasteiger partial charge in [0.2, 0.25) is 5.91 Å². The first-order valence-corrected chi connectivity index (χ1v) is 9.06. The Bertz CT molecular complexity index is 490. The molecule has 2 N–H and O–H groups in total. The summed E-state index contributed by atoms with van der Waals surface area (Å²) in [5.74, 6) is 1.64. The number of hydrogen-bond donors (Lipinski definition) is 1. The van der Waals surface area contributed by atoms with Crippen LogP contribution in [-0.2, 0) is 17.9 Å². The number of hydrogen-bond acceptors (Lipinski definition) is 5. The zero-order chi connectivity index (χ0) is 15.1. The molecule has 0 spiro atoms. The van der Waals surface area contributed by atoms with Crippen molar-refractivity contribution in [1.82, 2.24) is 4.90 Å². The van der Waals surface area contributed by atoms with Crippen molar-refractivity contribution in [3.05, 3.63) is 46.5 Å². The van der Waals surface area contributed by atoms with Gasteiger partial charge < -0.3 is 15.1 Å². The molecule has 0 saturated carbocycles. The molecule has 0 unspecified atom stereocenters. The Morgan fingerprint density at radius 2 is 2.29 bits per heavy atom. The Morgan fingerprint density at radius 1 is 1.43 bits per heavy atom. The standard InChI is InChI=1S/C15H20N2O2S2/c1-20-9-6-14(16)15(18)17(10-12-4-2-7-19-12)11-13-5-3-8-21-13/h2-5,7-8,14H,6,9-11,16H2,1H3/t14-/m1/s1. The van der Waals surface area contributed by atoms with Crippen LogP contribution in [0.2, 0.25) is 0 Å². The van der Waals surface area contributed by atoms with E-state index in [1.807, 2.05) is 35.9 Å². The fourth-order valence-electron chi connectivity index (χ4n) is 2.00. The molecule has 21 heavy (non-hydrogen) atoms. The van der Waals surface area contributed by atoms with Crippen molar-refractivity contribution >= 4 is 29.0 Å². The van der Waals surface area contributed by atoms with Crippen LogP contribution in [0.3, 0.4) is 0 Å². The van der Waals surface area contributed by atoms with E-state index in [1.165, 1.54) is 0 Å². The van der Waals surface area contributed by atoms with Crippen LogP contribution in [-0.4, -0.2) is 28.9 Å². The maximum atomic E-state index is 12.6. The summed E-state index contributed by atoms with van der Waals surface area (Å²) in [5, 5.41) is 2.01. The van der Waals surface area contributed by atoms with Gasteiger partial charge in [0.15, 0.2) is 0 Å². The normalized spacial score (nSPS) is 12.3. The minimum atomic E-state index is -0.452. The number of rotatable bonds is 8. The van der Waals surface area contributed by atoms with Crippen LogP contribution in [0.15, 0.2) is 40.3 Å². The number of carbonyl (C=O) groups is 1. The first-order valence-electron chi connectivity index (χ1n) is 6.78. The van der Waals surface area contributed by atoms with Gasteiger partial charge in [-0.15, -0.1) is 11.3 Å². The lowest BCUT2D eigenvalue weighted by Crippen LogP contribution is -2.43. The molecule has 0 saturated heterocycles. The molecular formula is C15H20N2O2S2. The highest BCUT2D eigenvalue weighted by molar-refractivity contribution is 7.98. The number of nitrogens with two attached hydrogens (primary N) is 1. The Kier molecular flexibility index (Phi) is 6.35. The molecule has 0 aliphatic carbocycles. The van der Waals surface area contributed by atoms with Gasteiger partial charge in [-0.25, -0.2) is 0 Å². The molecule has 1 atom stereocenters. The highest BCUT2D eigenvalue weighted by Crippen LogP contribution is 2.16. The monoisotopic (exact) mass is 324 g/mol. The van der Waals surface area contributed by atoms with Crippen molar-refractivity contribution < 1.29 is 9.21 Å². The van der Waals surface area contributed by atoms with E-state index in [9.17, 15) is 4.79 Å². The number of amides is 1. The first-order chi connectivity index (χ1) is 10.2. The molecule has 0 bridgehead atoms. The molecule has 0 radical (unpaired) electrons. The largest absolute Gasteiger partial charge is 0.467 e. The van der Waals surface area contributed by atoms with E-state index in [0.29, 0.717) is 19.5 Å². The van der Waals surface area contributed by atoms with Crippen LogP contribution in [0.1, 0.15) is 17.1 Å². The average Bonchev–Trinajstić information content (AvgIpc) is 3.16. The Balaban J connectivity index is 2.04. The summed E-state index contributed by atoms with van der Waals surface area (Å²) >= 11 is 3.34. The van der Waals surface area contributed by atoms with E-state index < -0.39 is 6.04 Å². The molecule has 2 rings (SSSR count). The summed E-state index contributed by atoms with van der Waals surface area (Å²) in [6, 6.07) is 7.27. The van der Waals surface area contributed by atoms with Crippen molar-refractivity contribution in [3.63, 3.8) is 0 Å². The quantitative estimate of drug-likeness (QED) is 0.811. The zero-order valence-electron chi connectivity index (χ0n) is 12.0. The van der Waals surface area contributed by atoms with Gasteiger partial charge in [0, 0.05) is 4.88 Å². The number of carbonyl (C=O) groups excluding carboxylic acids is 1. The second kappa shape index (κ2) is 8.26. The van der Waals surface area contributed by atoms with E-state index in [4.69, 9.17) is 10.2 Å². The third kappa shape index (κ3) is 4.91. The predicted octanol–water partition coefficient (Wildman–Crippen LogP) is 2.95. The minimum absolute atomic E-state index is 0.0196. The molecule has 2 aromatic heterocycles. The molecule has 0 fully saturated rings. The number of furan rings is 1. The van der Waals surface area contributed by atoms with E-state index in [1.54, 1.807) is 34.3 Å². The second-order valence-electron chi connectivity index (χ2n) is 4.74. The van der Waals surface area contributed by atoms with Crippen LogP contribution in [0.25, 0.3) is 0 Å². The molecular weight excluding hydrogens is 304 g/mol. The Labute approximate surface area is 133 Å². The smallest absolute Gasteiger partial charge is 0.240 e. The Morgan fingerprint density at radius 3 is 2.90 bits per heavy atom. The predicted molar refractivity (Wildman–Crippen MR) is 88.3 cm³/mol. The number of thiophene rings is 1. The first kappa shape index (κ1) is 16.1. The van der Waals surface area contributed by atoms with Gasteiger partial charge in [-0.1, -0.05) is 6.07 Å². The molecule has 1 amide bonds. The lowest BCUT2D eigenvalue weighted by atomic mass is 10.2. The zero-order valence-corrected chi connectivity index (χ0v) is 13.7. The lowest BCUT2D eigenvalue weighted by Gasteiger charge is -2.24. The van der Waals surface area contributed by atoms with Gasteiger partial charge in [-0.05, 0) is 42.0 Å². The van der Waals surface area contributed by atoms with Crippen molar-refractivity contribution in [2.24, 2.45) is 5.73 Å². The maximum absolute atomic E-state index is 12.6. The molecule has 2 heterocycles. The second-order valence-corrected chi connectivity index (χ2v) is 6.76. The highest BCUT2D eigenvalue weighted by Gasteiger charge is 2.22. The minimum Gasteiger partial charge on any atom is -0.467 e. The molecule has 4 nitrogen and oxygen atoms in total. The van der Waals surface area contributed by atoms with Crippen LogP contribution >= 0.6 is 23.1 Å². The van der Waals surface area contributed by atoms with E-state index in [-0.39, 0.29) is 5.91 Å². The summed E-state index contributed by atoms with van der Waals surface area (Å²) in [6.45, 7) is 1.03. The van der Waals surface area contributed by atoms with Crippen molar-refractivity contribution in [2.75, 3.05) is 12.0 Å². The van der Waals surface area contributed by atoms with E-state index in [2.05, 4.69) is 0 Å². The molecule has 0 aliphatic heterocycles. The number of thioether (sulfide) groups is 1. The molecule has 114 valence electrons. The van der Waals surface area contributed by atoms with Crippen LogP contribution in [0.5, 0.6) is 0 Å². The Hall–Kier alpha value is -1.24. The van der Waals surface area contributed by atoms with Gasteiger partial charge in [0.05, 0.1) is 25.4 Å². The summed E-state index contributed by atoms with van der Waals surface area (Å²) < 4.78 is 5.36. The van der Waals surface area contributed by atoms with Crippen LogP contribution < -0.4 is 5.73 Å². The van der Waals surface area contributed by atoms with Crippen molar-refractivity contribution in [2.45, 2.75) is 25.6 Å². The molecule has 6 heteroatoms. The SMILES string of the molecule is CSCC[C@@H](N)C(=O)N(Cc1ccco1)Cc1cccs1. The van der Waals surface area contributed by atoms with Crippen LogP contribution in [0, 0.1) is 0 Å². The van der Waals surface area contributed by atoms with Gasteiger partial charge in [-0.3, -0.25) is 4.79 Å². The van der Waals surface area contributed by atoms with Gasteiger partial charge in [0.25, 0.3) is 0 Å². The topological polar surface area (TPSA) is 59.5 Å². The molecule has 2 aromatic rings. The fourth-order valence-corrected chi connectivity index (χ4v) is 3.20. The van der Waals surface area contributed by atoms with Crippen molar-refractivity contribution in [1.29, 1.82) is 0 Å². The summed E-state index contributed by atoms with van der Waals surface area (Å²) in [5.41, 5.74) is 6.03. The molecule has 0 aliphatic rings. The molecule has 0 aromatic carbocycles. The third-order valence-electron chi connectivity index (χ3n) is 3.12. The van der Waals surface area contributed by atoms with Gasteiger partial charge in [-0.2, -0.15) is 11.8 Å². The van der Waals surface area contributed by atoms with E-state index >= 15 is 0 Å². The van der Waals surface area contributed by atoms with Crippen molar-refractivity contribution in [3.8, 4) is 0 Å². The maximum Gasteiger partial charge on any atom is 0.240 e. The summed E-state index contributed by atoms with van der Waals surface area (Å²) in [7, 11) is 0. The van der Waals surface area contributed by atoms with Crippen LogP contribution in [0.4, 0.5) is 0 Å². The third-order valence-corrected chi connectivity index (χ3v) is 4.62. The van der Waals surface area contributed by atoms with E-state index in [0.717, 1.165) is 16.4 Å². The lowest BCUT2D eigenvalue weighted by molar-refractivity contribution is -0.134. The van der Waals surface area contributed by atoms with Gasteiger partial charge >= 0.3 is 0 Å². The van der Waals surface area contributed by atoms with Gasteiger partial charge in [0.1, 0.15) is 5.76 Å². The average molecular weight is 324 g/mol. The number of nitrogens with zero attached hydrogens (tertiary/aromatic N) is 1. The highest BCUT2D eigenvalue weighted by atomic mass is 32.2.